The van der Waals surface area contributed by atoms with Crippen LogP contribution in [0.5, 0.6) is 0 Å². The number of ether oxygens (including phenoxy) is 1. The lowest BCUT2D eigenvalue weighted by Crippen LogP contribution is -2.42. The van der Waals surface area contributed by atoms with Crippen LogP contribution in [-0.4, -0.2) is 35.5 Å². The van der Waals surface area contributed by atoms with Crippen molar-refractivity contribution in [3.05, 3.63) is 38.9 Å². The molecule has 0 bridgehead atoms. The fourth-order valence-corrected chi connectivity index (χ4v) is 1.82. The lowest BCUT2D eigenvalue weighted by molar-refractivity contribution is -0.385. The van der Waals surface area contributed by atoms with Crippen LogP contribution in [-0.2, 0) is 9.53 Å². The molecule has 2 rings (SSSR count). The molecule has 0 radical (unpaired) electrons. The molecule has 0 spiro atoms. The summed E-state index contributed by atoms with van der Waals surface area (Å²) in [6.07, 6.45) is 1.71. The maximum atomic E-state index is 11.8. The minimum absolute atomic E-state index is 0.0689. The van der Waals surface area contributed by atoms with Crippen LogP contribution in [0, 0.1) is 10.1 Å². The second-order valence-electron chi connectivity index (χ2n) is 4.79. The van der Waals surface area contributed by atoms with Crippen LogP contribution in [0.2, 0.25) is 5.02 Å². The Balaban J connectivity index is 1.91. The normalized spacial score (nSPS) is 13.1. The predicted molar refractivity (Wildman–Crippen MR) is 78.1 cm³/mol. The van der Waals surface area contributed by atoms with Crippen LogP contribution in [0.15, 0.2) is 18.2 Å². The Morgan fingerprint density at radius 1 is 1.35 bits per heavy atom. The van der Waals surface area contributed by atoms with Crippen molar-refractivity contribution < 1.29 is 24.0 Å². The summed E-state index contributed by atoms with van der Waals surface area (Å²) in [6.45, 7) is -0.749. The third-order valence-corrected chi connectivity index (χ3v) is 3.11. The van der Waals surface area contributed by atoms with Crippen molar-refractivity contribution in [3.8, 4) is 0 Å². The molecule has 1 aromatic rings. The fourth-order valence-electron chi connectivity index (χ4n) is 1.65. The van der Waals surface area contributed by atoms with E-state index in [4.69, 9.17) is 11.6 Å². The molecule has 2 N–H and O–H groups in total. The fraction of sp³-hybridized carbons (Fsp3) is 0.308. The van der Waals surface area contributed by atoms with Crippen molar-refractivity contribution >= 4 is 35.2 Å². The van der Waals surface area contributed by atoms with E-state index in [0.29, 0.717) is 0 Å². The largest absolute Gasteiger partial charge is 0.452 e. The van der Waals surface area contributed by atoms with Gasteiger partial charge in [0.1, 0.15) is 5.56 Å². The van der Waals surface area contributed by atoms with Crippen molar-refractivity contribution in [2.24, 2.45) is 0 Å². The quantitative estimate of drug-likeness (QED) is 0.473. The second kappa shape index (κ2) is 7.05. The molecule has 0 aromatic heterocycles. The van der Waals surface area contributed by atoms with Crippen LogP contribution in [0.4, 0.5) is 10.5 Å². The molecular formula is C13H12ClN3O6. The van der Waals surface area contributed by atoms with Gasteiger partial charge in [-0.1, -0.05) is 11.6 Å². The van der Waals surface area contributed by atoms with Gasteiger partial charge in [-0.15, -0.1) is 0 Å². The summed E-state index contributed by atoms with van der Waals surface area (Å²) in [5.74, 6) is -1.93. The molecule has 10 heteroatoms. The molecule has 122 valence electrons. The molecule has 1 aliphatic rings. The molecular weight excluding hydrogens is 330 g/mol. The minimum atomic E-state index is -1.09. The number of nitro benzene ring substituents is 1. The molecule has 0 aliphatic heterocycles. The zero-order valence-corrected chi connectivity index (χ0v) is 12.5. The van der Waals surface area contributed by atoms with Crippen molar-refractivity contribution in [2.45, 2.75) is 18.9 Å². The second-order valence-corrected chi connectivity index (χ2v) is 5.23. The summed E-state index contributed by atoms with van der Waals surface area (Å²) in [4.78, 5) is 44.7. The number of nitro groups is 1. The van der Waals surface area contributed by atoms with E-state index >= 15 is 0 Å². The Hall–Kier alpha value is -2.68. The highest BCUT2D eigenvalue weighted by atomic mass is 35.5. The number of rotatable bonds is 5. The van der Waals surface area contributed by atoms with Gasteiger partial charge < -0.3 is 10.1 Å². The molecule has 1 aliphatic carbocycles. The maximum absolute atomic E-state index is 11.8. The van der Waals surface area contributed by atoms with Gasteiger partial charge in [0.25, 0.3) is 11.6 Å². The Morgan fingerprint density at radius 2 is 2.04 bits per heavy atom. The number of halogens is 1. The van der Waals surface area contributed by atoms with Crippen molar-refractivity contribution in [3.63, 3.8) is 0 Å². The summed E-state index contributed by atoms with van der Waals surface area (Å²) in [5, 5.41) is 15.5. The highest BCUT2D eigenvalue weighted by Gasteiger charge is 2.25. The van der Waals surface area contributed by atoms with E-state index in [0.717, 1.165) is 25.0 Å². The summed E-state index contributed by atoms with van der Waals surface area (Å²) >= 11 is 5.69. The SMILES string of the molecule is O=C(COC(=O)c1cc(Cl)ccc1[N+](=O)[O-])NC(=O)NC1CC1. The molecule has 1 saturated carbocycles. The van der Waals surface area contributed by atoms with Gasteiger partial charge in [-0.25, -0.2) is 9.59 Å². The first-order chi connectivity index (χ1) is 10.9. The lowest BCUT2D eigenvalue weighted by Gasteiger charge is -2.07. The van der Waals surface area contributed by atoms with Crippen molar-refractivity contribution in [1.82, 2.24) is 10.6 Å². The van der Waals surface area contributed by atoms with Gasteiger partial charge in [-0.05, 0) is 25.0 Å². The molecule has 0 heterocycles. The monoisotopic (exact) mass is 341 g/mol. The lowest BCUT2D eigenvalue weighted by atomic mass is 10.2. The summed E-state index contributed by atoms with van der Waals surface area (Å²) < 4.78 is 4.66. The number of imide groups is 1. The van der Waals surface area contributed by atoms with Gasteiger partial charge in [-0.3, -0.25) is 20.2 Å². The molecule has 0 unspecified atom stereocenters. The third-order valence-electron chi connectivity index (χ3n) is 2.88. The number of urea groups is 1. The van der Waals surface area contributed by atoms with E-state index in [9.17, 15) is 24.5 Å². The summed E-state index contributed by atoms with van der Waals surface area (Å²) in [7, 11) is 0. The maximum Gasteiger partial charge on any atom is 0.345 e. The van der Waals surface area contributed by atoms with Gasteiger partial charge in [-0.2, -0.15) is 0 Å². The van der Waals surface area contributed by atoms with E-state index in [1.807, 2.05) is 5.32 Å². The highest BCUT2D eigenvalue weighted by molar-refractivity contribution is 6.31. The molecule has 1 aromatic carbocycles. The Bertz CT molecular complexity index is 674. The molecule has 9 nitrogen and oxygen atoms in total. The zero-order valence-electron chi connectivity index (χ0n) is 11.7. The van der Waals surface area contributed by atoms with Gasteiger partial charge in [0, 0.05) is 17.1 Å². The molecule has 23 heavy (non-hydrogen) atoms. The zero-order chi connectivity index (χ0) is 17.0. The van der Waals surface area contributed by atoms with Gasteiger partial charge in [0.05, 0.1) is 4.92 Å². The van der Waals surface area contributed by atoms with Crippen LogP contribution >= 0.6 is 11.6 Å². The number of benzene rings is 1. The number of esters is 1. The van der Waals surface area contributed by atoms with Gasteiger partial charge >= 0.3 is 12.0 Å². The number of carbonyl (C=O) groups is 3. The summed E-state index contributed by atoms with van der Waals surface area (Å²) in [5.41, 5.74) is -0.871. The first-order valence-electron chi connectivity index (χ1n) is 6.58. The van der Waals surface area contributed by atoms with E-state index < -0.39 is 35.1 Å². The topological polar surface area (TPSA) is 128 Å². The number of amides is 3. The number of carbonyl (C=O) groups excluding carboxylic acids is 3. The van der Waals surface area contributed by atoms with E-state index in [2.05, 4.69) is 10.1 Å². The predicted octanol–water partition coefficient (Wildman–Crippen LogP) is 1.39. The van der Waals surface area contributed by atoms with Gasteiger partial charge in [0.2, 0.25) is 0 Å². The first-order valence-corrected chi connectivity index (χ1v) is 6.96. The number of nitrogens with zero attached hydrogens (tertiary/aromatic N) is 1. The Morgan fingerprint density at radius 3 is 2.65 bits per heavy atom. The average molecular weight is 342 g/mol. The highest BCUT2D eigenvalue weighted by Crippen LogP contribution is 2.23. The molecule has 1 fully saturated rings. The molecule has 3 amide bonds. The number of nitrogens with one attached hydrogen (secondary N) is 2. The minimum Gasteiger partial charge on any atom is -0.452 e. The molecule has 0 saturated heterocycles. The van der Waals surface area contributed by atoms with E-state index in [1.54, 1.807) is 0 Å². The van der Waals surface area contributed by atoms with E-state index in [1.165, 1.54) is 6.07 Å². The van der Waals surface area contributed by atoms with Crippen LogP contribution < -0.4 is 10.6 Å². The van der Waals surface area contributed by atoms with Crippen LogP contribution in [0.3, 0.4) is 0 Å². The Labute approximate surface area is 135 Å². The smallest absolute Gasteiger partial charge is 0.345 e. The number of hydrogen-bond acceptors (Lipinski definition) is 6. The van der Waals surface area contributed by atoms with Crippen LogP contribution in [0.25, 0.3) is 0 Å². The standard InChI is InChI=1S/C13H12ClN3O6/c14-7-1-4-10(17(21)22)9(5-7)12(19)23-6-11(18)16-13(20)15-8-2-3-8/h1,4-5,8H,2-3,6H2,(H2,15,16,18,20). The Kier molecular flexibility index (Phi) is 5.12. The third kappa shape index (κ3) is 4.92. The van der Waals surface area contributed by atoms with Crippen molar-refractivity contribution in [2.75, 3.05) is 6.61 Å². The van der Waals surface area contributed by atoms with Gasteiger partial charge in [0.15, 0.2) is 6.61 Å². The average Bonchev–Trinajstić information content (AvgIpc) is 3.27. The summed E-state index contributed by atoms with van der Waals surface area (Å²) in [6, 6.07) is 2.77. The molecule has 0 atom stereocenters. The first kappa shape index (κ1) is 16.7. The van der Waals surface area contributed by atoms with Crippen molar-refractivity contribution in [1.29, 1.82) is 0 Å². The number of hydrogen-bond donors (Lipinski definition) is 2. The van der Waals surface area contributed by atoms with E-state index in [-0.39, 0.29) is 16.6 Å². The van der Waals surface area contributed by atoms with Crippen LogP contribution in [0.1, 0.15) is 23.2 Å².